The molecule has 0 radical (unpaired) electrons. The van der Waals surface area contributed by atoms with Crippen LogP contribution in [-0.2, 0) is 24.8 Å². The van der Waals surface area contributed by atoms with Gasteiger partial charge in [-0.3, -0.25) is 14.5 Å². The van der Waals surface area contributed by atoms with E-state index < -0.39 is 32.5 Å². The molecule has 1 aliphatic heterocycles. The minimum atomic E-state index is -3.86. The summed E-state index contributed by atoms with van der Waals surface area (Å²) in [5.41, 5.74) is 0.223. The molecule has 162 valence electrons. The number of carbonyl (C=O) groups excluding carboxylic acids is 1. The van der Waals surface area contributed by atoms with E-state index in [2.05, 4.69) is 15.0 Å². The molecule has 0 bridgehead atoms. The number of amides is 1. The standard InChI is InChI=1S/C17H19ClN4O5S3/c1-22(30(26,27)17-8-7-14(18)28-17)11-16(23)20-12-4-2-5-13(10-12)29(24,25)21-15-6-3-9-19-15/h2,4-5,7-8,10H,3,6,9,11H2,1H3,(H,19,21)(H,20,23). The highest BCUT2D eigenvalue weighted by molar-refractivity contribution is 7.91. The molecule has 0 unspecified atom stereocenters. The van der Waals surface area contributed by atoms with E-state index in [9.17, 15) is 21.6 Å². The molecule has 1 amide bonds. The van der Waals surface area contributed by atoms with Gasteiger partial charge in [0.15, 0.2) is 0 Å². The molecule has 1 aromatic heterocycles. The molecule has 3 rings (SSSR count). The molecular weight excluding hydrogens is 472 g/mol. The van der Waals surface area contributed by atoms with Crippen molar-refractivity contribution in [1.82, 2.24) is 9.03 Å². The fraction of sp³-hybridized carbons (Fsp3) is 0.294. The maximum Gasteiger partial charge on any atom is 0.262 e. The summed E-state index contributed by atoms with van der Waals surface area (Å²) in [6, 6.07) is 8.51. The van der Waals surface area contributed by atoms with Gasteiger partial charge in [-0.05, 0) is 36.8 Å². The Bertz CT molecular complexity index is 1190. The van der Waals surface area contributed by atoms with E-state index in [4.69, 9.17) is 11.6 Å². The number of amidine groups is 1. The lowest BCUT2D eigenvalue weighted by Gasteiger charge is -2.16. The predicted octanol–water partition coefficient (Wildman–Crippen LogP) is 2.13. The van der Waals surface area contributed by atoms with Crippen LogP contribution >= 0.6 is 22.9 Å². The Morgan fingerprint density at radius 2 is 2.00 bits per heavy atom. The van der Waals surface area contributed by atoms with Gasteiger partial charge in [-0.1, -0.05) is 17.7 Å². The van der Waals surface area contributed by atoms with Gasteiger partial charge in [0.2, 0.25) is 5.91 Å². The summed E-state index contributed by atoms with van der Waals surface area (Å²) in [5, 5.41) is 2.52. The Morgan fingerprint density at radius 1 is 1.23 bits per heavy atom. The summed E-state index contributed by atoms with van der Waals surface area (Å²) in [6.07, 6.45) is 1.36. The number of hydrogen-bond donors (Lipinski definition) is 2. The summed E-state index contributed by atoms with van der Waals surface area (Å²) < 4.78 is 53.6. The molecule has 2 aromatic rings. The largest absolute Gasteiger partial charge is 0.325 e. The van der Waals surface area contributed by atoms with Crippen molar-refractivity contribution in [2.45, 2.75) is 21.9 Å². The SMILES string of the molecule is CN(CC(=O)Nc1cccc(S(=O)(=O)NC2=NCCC2)c1)S(=O)(=O)c1ccc(Cl)s1. The van der Waals surface area contributed by atoms with Crippen molar-refractivity contribution < 1.29 is 21.6 Å². The van der Waals surface area contributed by atoms with E-state index in [1.807, 2.05) is 0 Å². The predicted molar refractivity (Wildman–Crippen MR) is 116 cm³/mol. The zero-order valence-electron chi connectivity index (χ0n) is 15.8. The lowest BCUT2D eigenvalue weighted by Crippen LogP contribution is -2.34. The molecule has 0 spiro atoms. The van der Waals surface area contributed by atoms with E-state index in [0.717, 1.165) is 22.1 Å². The van der Waals surface area contributed by atoms with Gasteiger partial charge in [-0.2, -0.15) is 4.31 Å². The molecule has 2 heterocycles. The van der Waals surface area contributed by atoms with Gasteiger partial charge >= 0.3 is 0 Å². The molecule has 0 fully saturated rings. The van der Waals surface area contributed by atoms with Crippen molar-refractivity contribution >= 4 is 60.4 Å². The molecule has 1 aromatic carbocycles. The van der Waals surface area contributed by atoms with E-state index in [-0.39, 0.29) is 14.8 Å². The first-order valence-corrected chi connectivity index (χ1v) is 12.9. The van der Waals surface area contributed by atoms with Crippen molar-refractivity contribution in [2.75, 3.05) is 25.5 Å². The summed E-state index contributed by atoms with van der Waals surface area (Å²) in [7, 11) is -6.42. The molecule has 0 saturated heterocycles. The Balaban J connectivity index is 1.67. The third kappa shape index (κ3) is 5.38. The number of benzene rings is 1. The summed E-state index contributed by atoms with van der Waals surface area (Å²) in [6.45, 7) is 0.131. The molecule has 9 nitrogen and oxygen atoms in total. The van der Waals surface area contributed by atoms with E-state index in [0.29, 0.717) is 23.1 Å². The molecule has 13 heteroatoms. The zero-order valence-corrected chi connectivity index (χ0v) is 19.0. The van der Waals surface area contributed by atoms with Crippen LogP contribution in [0, 0.1) is 0 Å². The number of anilines is 1. The lowest BCUT2D eigenvalue weighted by molar-refractivity contribution is -0.116. The van der Waals surface area contributed by atoms with Gasteiger partial charge in [-0.15, -0.1) is 11.3 Å². The average molecular weight is 491 g/mol. The monoisotopic (exact) mass is 490 g/mol. The van der Waals surface area contributed by atoms with Gasteiger partial charge in [0.25, 0.3) is 20.0 Å². The summed E-state index contributed by atoms with van der Waals surface area (Å²) in [5.74, 6) is -0.212. The highest BCUT2D eigenvalue weighted by Crippen LogP contribution is 2.27. The first kappa shape index (κ1) is 22.7. The Hall–Kier alpha value is -1.99. The normalized spacial score (nSPS) is 14.6. The first-order valence-electron chi connectivity index (χ1n) is 8.76. The van der Waals surface area contributed by atoms with Crippen molar-refractivity contribution in [1.29, 1.82) is 0 Å². The van der Waals surface area contributed by atoms with E-state index in [1.54, 1.807) is 0 Å². The number of hydrogen-bond acceptors (Lipinski definition) is 7. The summed E-state index contributed by atoms with van der Waals surface area (Å²) in [4.78, 5) is 16.4. The van der Waals surface area contributed by atoms with Crippen LogP contribution in [0.5, 0.6) is 0 Å². The number of nitrogens with one attached hydrogen (secondary N) is 2. The minimum Gasteiger partial charge on any atom is -0.325 e. The van der Waals surface area contributed by atoms with Crippen molar-refractivity contribution in [2.24, 2.45) is 4.99 Å². The number of thiophene rings is 1. The zero-order chi connectivity index (χ0) is 21.9. The van der Waals surface area contributed by atoms with Gasteiger partial charge < -0.3 is 5.32 Å². The van der Waals surface area contributed by atoms with Gasteiger partial charge in [-0.25, -0.2) is 16.8 Å². The fourth-order valence-electron chi connectivity index (χ4n) is 2.66. The number of likely N-dealkylation sites (N-methyl/N-ethyl adjacent to an activating group) is 1. The third-order valence-corrected chi connectivity index (χ3v) is 9.01. The number of rotatable bonds is 7. The highest BCUT2D eigenvalue weighted by Gasteiger charge is 2.25. The second-order valence-corrected chi connectivity index (χ2v) is 12.1. The minimum absolute atomic E-state index is 0.0248. The average Bonchev–Trinajstić information content (AvgIpc) is 3.33. The Kier molecular flexibility index (Phi) is 6.82. The number of aliphatic imine (C=N–C) groups is 1. The second-order valence-electron chi connectivity index (χ2n) is 6.43. The number of halogens is 1. The topological polar surface area (TPSA) is 125 Å². The van der Waals surface area contributed by atoms with Gasteiger partial charge in [0, 0.05) is 25.7 Å². The van der Waals surface area contributed by atoms with Crippen LogP contribution < -0.4 is 10.0 Å². The van der Waals surface area contributed by atoms with Crippen molar-refractivity contribution in [3.63, 3.8) is 0 Å². The Morgan fingerprint density at radius 3 is 2.63 bits per heavy atom. The summed E-state index contributed by atoms with van der Waals surface area (Å²) >= 11 is 6.68. The first-order chi connectivity index (χ1) is 14.1. The van der Waals surface area contributed by atoms with Crippen LogP contribution in [0.2, 0.25) is 4.34 Å². The lowest BCUT2D eigenvalue weighted by atomic mass is 10.3. The van der Waals surface area contributed by atoms with Crippen molar-refractivity contribution in [3.05, 3.63) is 40.7 Å². The number of nitrogens with zero attached hydrogens (tertiary/aromatic N) is 2. The Labute approximate surface area is 183 Å². The molecule has 0 aliphatic carbocycles. The quantitative estimate of drug-likeness (QED) is 0.615. The molecule has 0 atom stereocenters. The molecule has 2 N–H and O–H groups in total. The maximum atomic E-state index is 12.5. The van der Waals surface area contributed by atoms with E-state index >= 15 is 0 Å². The van der Waals surface area contributed by atoms with Gasteiger partial charge in [0.05, 0.1) is 15.8 Å². The number of sulfonamides is 2. The van der Waals surface area contributed by atoms with Crippen LogP contribution in [-0.4, -0.2) is 53.0 Å². The van der Waals surface area contributed by atoms with Crippen LogP contribution in [0.3, 0.4) is 0 Å². The van der Waals surface area contributed by atoms with Crippen molar-refractivity contribution in [3.8, 4) is 0 Å². The third-order valence-electron chi connectivity index (χ3n) is 4.13. The van der Waals surface area contributed by atoms with Crippen LogP contribution in [0.25, 0.3) is 0 Å². The van der Waals surface area contributed by atoms with Crippen LogP contribution in [0.15, 0.2) is 50.5 Å². The van der Waals surface area contributed by atoms with Gasteiger partial charge in [0.1, 0.15) is 10.0 Å². The number of carbonyl (C=O) groups is 1. The maximum absolute atomic E-state index is 12.5. The molecule has 30 heavy (non-hydrogen) atoms. The van der Waals surface area contributed by atoms with E-state index in [1.165, 1.54) is 43.4 Å². The molecule has 0 saturated carbocycles. The molecular formula is C17H19ClN4O5S3. The second kappa shape index (κ2) is 9.02. The highest BCUT2D eigenvalue weighted by atomic mass is 35.5. The molecule has 1 aliphatic rings. The fourth-order valence-corrected chi connectivity index (χ4v) is 6.61. The smallest absolute Gasteiger partial charge is 0.262 e. The van der Waals surface area contributed by atoms with Crippen LogP contribution in [0.4, 0.5) is 5.69 Å². The van der Waals surface area contributed by atoms with Crippen LogP contribution in [0.1, 0.15) is 12.8 Å².